The van der Waals surface area contributed by atoms with Crippen molar-refractivity contribution in [2.24, 2.45) is 0 Å². The third-order valence-electron chi connectivity index (χ3n) is 2.37. The maximum atomic E-state index is 10.4. The standard InChI is InChI=1S/C11H14N2O3S/c14-10(15)3-1-2-9-8-17-11(12-9)13-4-6-16-7-5-13/h1-2,8H,3-7H2,(H,14,15). The first-order valence-electron chi connectivity index (χ1n) is 5.42. The number of nitrogens with zero attached hydrogens (tertiary/aromatic N) is 2. The molecule has 1 fully saturated rings. The Morgan fingerprint density at radius 1 is 1.59 bits per heavy atom. The number of morpholine rings is 1. The van der Waals surface area contributed by atoms with Crippen LogP contribution in [0.4, 0.5) is 5.13 Å². The van der Waals surface area contributed by atoms with E-state index in [0.29, 0.717) is 0 Å². The van der Waals surface area contributed by atoms with Crippen LogP contribution in [0, 0.1) is 0 Å². The molecule has 0 radical (unpaired) electrons. The highest BCUT2D eigenvalue weighted by atomic mass is 32.1. The fourth-order valence-corrected chi connectivity index (χ4v) is 2.38. The quantitative estimate of drug-likeness (QED) is 0.881. The molecule has 92 valence electrons. The first-order chi connectivity index (χ1) is 8.25. The zero-order chi connectivity index (χ0) is 12.1. The number of ether oxygens (including phenoxy) is 1. The van der Waals surface area contributed by atoms with Crippen molar-refractivity contribution in [1.29, 1.82) is 0 Å². The fourth-order valence-electron chi connectivity index (χ4n) is 1.53. The number of carboxylic acid groups (broad SMARTS) is 1. The van der Waals surface area contributed by atoms with Gasteiger partial charge < -0.3 is 14.7 Å². The largest absolute Gasteiger partial charge is 0.481 e. The van der Waals surface area contributed by atoms with E-state index in [1.165, 1.54) is 0 Å². The summed E-state index contributed by atoms with van der Waals surface area (Å²) < 4.78 is 5.28. The molecule has 1 saturated heterocycles. The maximum absolute atomic E-state index is 10.4. The number of rotatable bonds is 4. The van der Waals surface area contributed by atoms with Crippen LogP contribution >= 0.6 is 11.3 Å². The molecule has 1 N–H and O–H groups in total. The summed E-state index contributed by atoms with van der Waals surface area (Å²) in [5, 5.41) is 11.4. The van der Waals surface area contributed by atoms with E-state index in [4.69, 9.17) is 9.84 Å². The zero-order valence-corrected chi connectivity index (χ0v) is 10.2. The van der Waals surface area contributed by atoms with E-state index < -0.39 is 5.97 Å². The number of hydrogen-bond acceptors (Lipinski definition) is 5. The lowest BCUT2D eigenvalue weighted by molar-refractivity contribution is -0.135. The minimum absolute atomic E-state index is 0.0322. The summed E-state index contributed by atoms with van der Waals surface area (Å²) in [5.41, 5.74) is 0.817. The van der Waals surface area contributed by atoms with Crippen molar-refractivity contribution in [3.8, 4) is 0 Å². The summed E-state index contributed by atoms with van der Waals surface area (Å²) in [6.07, 6.45) is 3.39. The number of carbonyl (C=O) groups is 1. The lowest BCUT2D eigenvalue weighted by Crippen LogP contribution is -2.36. The number of thiazole rings is 1. The predicted molar refractivity (Wildman–Crippen MR) is 66.4 cm³/mol. The molecule has 5 nitrogen and oxygen atoms in total. The zero-order valence-electron chi connectivity index (χ0n) is 9.33. The van der Waals surface area contributed by atoms with Gasteiger partial charge in [0.1, 0.15) is 0 Å². The Bertz CT molecular complexity index is 411. The average molecular weight is 254 g/mol. The lowest BCUT2D eigenvalue weighted by Gasteiger charge is -2.25. The highest BCUT2D eigenvalue weighted by Crippen LogP contribution is 2.22. The smallest absolute Gasteiger partial charge is 0.307 e. The third kappa shape index (κ3) is 3.54. The van der Waals surface area contributed by atoms with E-state index in [1.807, 2.05) is 5.38 Å². The van der Waals surface area contributed by atoms with Crippen molar-refractivity contribution in [2.75, 3.05) is 31.2 Å². The van der Waals surface area contributed by atoms with Crippen LogP contribution in [-0.2, 0) is 9.53 Å². The number of aromatic nitrogens is 1. The molecule has 0 saturated carbocycles. The van der Waals surface area contributed by atoms with Crippen LogP contribution in [0.3, 0.4) is 0 Å². The fraction of sp³-hybridized carbons (Fsp3) is 0.455. The number of hydrogen-bond donors (Lipinski definition) is 1. The van der Waals surface area contributed by atoms with Gasteiger partial charge in [0, 0.05) is 18.5 Å². The van der Waals surface area contributed by atoms with Crippen LogP contribution in [0.15, 0.2) is 11.5 Å². The Balaban J connectivity index is 1.95. The van der Waals surface area contributed by atoms with Gasteiger partial charge in [0.15, 0.2) is 5.13 Å². The summed E-state index contributed by atoms with van der Waals surface area (Å²) in [4.78, 5) is 17.0. The summed E-state index contributed by atoms with van der Waals surface area (Å²) in [6.45, 7) is 3.21. The van der Waals surface area contributed by atoms with Gasteiger partial charge in [0.05, 0.1) is 25.3 Å². The minimum Gasteiger partial charge on any atom is -0.481 e. The summed E-state index contributed by atoms with van der Waals surface area (Å²) in [6, 6.07) is 0. The highest BCUT2D eigenvalue weighted by Gasteiger charge is 2.13. The summed E-state index contributed by atoms with van der Waals surface area (Å²) in [5.74, 6) is -0.829. The van der Waals surface area contributed by atoms with Crippen LogP contribution in [0.25, 0.3) is 6.08 Å². The van der Waals surface area contributed by atoms with Gasteiger partial charge in [0.2, 0.25) is 0 Å². The minimum atomic E-state index is -0.829. The average Bonchev–Trinajstić information content (AvgIpc) is 2.78. The maximum Gasteiger partial charge on any atom is 0.307 e. The second kappa shape index (κ2) is 5.79. The molecule has 1 aliphatic heterocycles. The van der Waals surface area contributed by atoms with Gasteiger partial charge in [-0.25, -0.2) is 4.98 Å². The first-order valence-corrected chi connectivity index (χ1v) is 6.30. The van der Waals surface area contributed by atoms with Crippen molar-refractivity contribution < 1.29 is 14.6 Å². The molecule has 1 aliphatic rings. The normalized spacial score (nSPS) is 16.6. The van der Waals surface area contributed by atoms with E-state index in [-0.39, 0.29) is 6.42 Å². The Kier molecular flexibility index (Phi) is 4.11. The second-order valence-electron chi connectivity index (χ2n) is 3.65. The van der Waals surface area contributed by atoms with Crippen molar-refractivity contribution >= 4 is 28.5 Å². The molecule has 2 heterocycles. The van der Waals surface area contributed by atoms with Gasteiger partial charge in [-0.1, -0.05) is 6.08 Å². The molecular formula is C11H14N2O3S. The Labute approximate surface area is 103 Å². The van der Waals surface area contributed by atoms with E-state index >= 15 is 0 Å². The molecule has 2 rings (SSSR count). The van der Waals surface area contributed by atoms with E-state index in [0.717, 1.165) is 37.1 Å². The monoisotopic (exact) mass is 254 g/mol. The van der Waals surface area contributed by atoms with Crippen LogP contribution in [0.2, 0.25) is 0 Å². The second-order valence-corrected chi connectivity index (χ2v) is 4.49. The first kappa shape index (κ1) is 12.1. The molecule has 0 atom stereocenters. The molecule has 0 aromatic carbocycles. The highest BCUT2D eigenvalue weighted by molar-refractivity contribution is 7.13. The Hall–Kier alpha value is -1.40. The molecule has 0 aliphatic carbocycles. The lowest BCUT2D eigenvalue weighted by atomic mass is 10.3. The SMILES string of the molecule is O=C(O)CC=Cc1csc(N2CCOCC2)n1. The predicted octanol–water partition coefficient (Wildman–Crippen LogP) is 1.47. The van der Waals surface area contributed by atoms with Gasteiger partial charge >= 0.3 is 5.97 Å². The van der Waals surface area contributed by atoms with Gasteiger partial charge in [0.25, 0.3) is 0 Å². The molecule has 1 aromatic rings. The van der Waals surface area contributed by atoms with Gasteiger partial charge in [-0.05, 0) is 6.08 Å². The van der Waals surface area contributed by atoms with Crippen molar-refractivity contribution in [1.82, 2.24) is 4.98 Å². The molecule has 17 heavy (non-hydrogen) atoms. The number of aliphatic carboxylic acids is 1. The van der Waals surface area contributed by atoms with E-state index in [2.05, 4.69) is 9.88 Å². The van der Waals surface area contributed by atoms with Gasteiger partial charge in [-0.2, -0.15) is 0 Å². The van der Waals surface area contributed by atoms with Crippen LogP contribution in [-0.4, -0.2) is 42.4 Å². The van der Waals surface area contributed by atoms with Crippen molar-refractivity contribution in [2.45, 2.75) is 6.42 Å². The van der Waals surface area contributed by atoms with Crippen LogP contribution < -0.4 is 4.90 Å². The third-order valence-corrected chi connectivity index (χ3v) is 3.29. The molecule has 0 bridgehead atoms. The molecule has 0 unspecified atom stereocenters. The molecule has 0 spiro atoms. The number of anilines is 1. The Morgan fingerprint density at radius 2 is 2.35 bits per heavy atom. The summed E-state index contributed by atoms with van der Waals surface area (Å²) >= 11 is 1.58. The molecule has 0 amide bonds. The molecule has 6 heteroatoms. The Morgan fingerprint density at radius 3 is 3.06 bits per heavy atom. The van der Waals surface area contributed by atoms with Crippen LogP contribution in [0.5, 0.6) is 0 Å². The summed E-state index contributed by atoms with van der Waals surface area (Å²) in [7, 11) is 0. The van der Waals surface area contributed by atoms with Gasteiger partial charge in [-0.3, -0.25) is 4.79 Å². The van der Waals surface area contributed by atoms with Crippen molar-refractivity contribution in [3.05, 3.63) is 17.2 Å². The van der Waals surface area contributed by atoms with Gasteiger partial charge in [-0.15, -0.1) is 11.3 Å². The van der Waals surface area contributed by atoms with Crippen molar-refractivity contribution in [3.63, 3.8) is 0 Å². The van der Waals surface area contributed by atoms with E-state index in [9.17, 15) is 4.79 Å². The van der Waals surface area contributed by atoms with E-state index in [1.54, 1.807) is 23.5 Å². The topological polar surface area (TPSA) is 62.7 Å². The number of carboxylic acids is 1. The van der Waals surface area contributed by atoms with Crippen LogP contribution in [0.1, 0.15) is 12.1 Å². The molecule has 1 aromatic heterocycles. The molecular weight excluding hydrogens is 240 g/mol.